The fraction of sp³-hybridized carbons (Fsp3) is 0.444. The number of halogens is 1. The highest BCUT2D eigenvalue weighted by molar-refractivity contribution is 9.10. The second-order valence-corrected chi connectivity index (χ2v) is 7.02. The number of amides is 1. The first kappa shape index (κ1) is 17.2. The highest BCUT2D eigenvalue weighted by atomic mass is 79.9. The molecule has 1 aromatic rings. The standard InChI is InChI=1S/C18H20BrNO4/c1-4-23-15(21)10-20-14-7-5-6-13(19)16(14)18(17(20)22)9-11(2)8-12(3)24-18/h5-8,12H,4,9-10H2,1-3H3/t12-,18?/m1/s1. The third-order valence-electron chi connectivity index (χ3n) is 4.30. The topological polar surface area (TPSA) is 55.8 Å². The average Bonchev–Trinajstić information content (AvgIpc) is 2.70. The number of fused-ring (bicyclic) bond motifs is 2. The van der Waals surface area contributed by atoms with E-state index in [1.807, 2.05) is 38.1 Å². The third-order valence-corrected chi connectivity index (χ3v) is 4.96. The summed E-state index contributed by atoms with van der Waals surface area (Å²) in [5.74, 6) is -0.637. The van der Waals surface area contributed by atoms with Crippen LogP contribution in [-0.2, 0) is 24.7 Å². The van der Waals surface area contributed by atoms with Gasteiger partial charge in [-0.1, -0.05) is 33.6 Å². The normalized spacial score (nSPS) is 25.7. The summed E-state index contributed by atoms with van der Waals surface area (Å²) in [7, 11) is 0. The number of hydrogen-bond donors (Lipinski definition) is 0. The molecule has 1 aromatic carbocycles. The van der Waals surface area contributed by atoms with Gasteiger partial charge in [-0.2, -0.15) is 0 Å². The monoisotopic (exact) mass is 393 g/mol. The Balaban J connectivity index is 2.09. The fourth-order valence-electron chi connectivity index (χ4n) is 3.58. The molecule has 24 heavy (non-hydrogen) atoms. The summed E-state index contributed by atoms with van der Waals surface area (Å²) >= 11 is 3.56. The molecule has 0 aromatic heterocycles. The Morgan fingerprint density at radius 2 is 2.25 bits per heavy atom. The molecule has 0 saturated heterocycles. The number of ether oxygens (including phenoxy) is 2. The van der Waals surface area contributed by atoms with E-state index in [0.717, 1.165) is 15.6 Å². The van der Waals surface area contributed by atoms with Gasteiger partial charge in [0.25, 0.3) is 5.91 Å². The Hall–Kier alpha value is -1.66. The summed E-state index contributed by atoms with van der Waals surface area (Å²) in [6.45, 7) is 5.84. The van der Waals surface area contributed by atoms with Gasteiger partial charge in [-0.05, 0) is 32.9 Å². The van der Waals surface area contributed by atoms with Gasteiger partial charge in [0.05, 0.1) is 18.4 Å². The molecule has 2 aliphatic heterocycles. The van der Waals surface area contributed by atoms with E-state index in [-0.39, 0.29) is 25.2 Å². The molecule has 3 rings (SSSR count). The van der Waals surface area contributed by atoms with E-state index in [9.17, 15) is 9.59 Å². The molecule has 1 unspecified atom stereocenters. The Labute approximate surface area is 149 Å². The summed E-state index contributed by atoms with van der Waals surface area (Å²) in [5, 5.41) is 0. The minimum atomic E-state index is -1.08. The van der Waals surface area contributed by atoms with Crippen LogP contribution in [0.1, 0.15) is 32.8 Å². The summed E-state index contributed by atoms with van der Waals surface area (Å²) in [6.07, 6.45) is 2.32. The number of rotatable bonds is 3. The zero-order valence-corrected chi connectivity index (χ0v) is 15.6. The Morgan fingerprint density at radius 1 is 1.50 bits per heavy atom. The number of nitrogens with zero attached hydrogens (tertiary/aromatic N) is 1. The maximum absolute atomic E-state index is 13.3. The molecule has 0 N–H and O–H groups in total. The van der Waals surface area contributed by atoms with Crippen molar-refractivity contribution < 1.29 is 19.1 Å². The van der Waals surface area contributed by atoms with E-state index < -0.39 is 11.6 Å². The van der Waals surface area contributed by atoms with Crippen LogP contribution < -0.4 is 4.90 Å². The summed E-state index contributed by atoms with van der Waals surface area (Å²) in [5.41, 5.74) is 1.50. The van der Waals surface area contributed by atoms with Crippen molar-refractivity contribution in [3.8, 4) is 0 Å². The van der Waals surface area contributed by atoms with Gasteiger partial charge in [-0.15, -0.1) is 0 Å². The molecule has 0 aliphatic carbocycles. The smallest absolute Gasteiger partial charge is 0.326 e. The van der Waals surface area contributed by atoms with Gasteiger partial charge < -0.3 is 9.47 Å². The number of carbonyl (C=O) groups is 2. The van der Waals surface area contributed by atoms with Crippen LogP contribution in [0.4, 0.5) is 5.69 Å². The Kier molecular flexibility index (Phi) is 4.53. The van der Waals surface area contributed by atoms with Crippen molar-refractivity contribution >= 4 is 33.5 Å². The molecule has 1 amide bonds. The lowest BCUT2D eigenvalue weighted by atomic mass is 9.85. The van der Waals surface area contributed by atoms with Crippen LogP contribution >= 0.6 is 15.9 Å². The Morgan fingerprint density at radius 3 is 2.92 bits per heavy atom. The number of hydrogen-bond acceptors (Lipinski definition) is 4. The molecule has 0 fully saturated rings. The van der Waals surface area contributed by atoms with Crippen LogP contribution in [-0.4, -0.2) is 31.1 Å². The molecule has 2 atom stereocenters. The summed E-state index contributed by atoms with van der Waals surface area (Å²) in [6, 6.07) is 5.58. The first-order valence-corrected chi connectivity index (χ1v) is 8.80. The van der Waals surface area contributed by atoms with Gasteiger partial charge in [0.15, 0.2) is 5.60 Å². The summed E-state index contributed by atoms with van der Waals surface area (Å²) in [4.78, 5) is 26.7. The number of benzene rings is 1. The van der Waals surface area contributed by atoms with E-state index in [4.69, 9.17) is 9.47 Å². The van der Waals surface area contributed by atoms with Crippen molar-refractivity contribution in [2.45, 2.75) is 38.9 Å². The van der Waals surface area contributed by atoms with E-state index in [1.54, 1.807) is 6.92 Å². The quantitative estimate of drug-likeness (QED) is 0.583. The fourth-order valence-corrected chi connectivity index (χ4v) is 4.26. The molecule has 2 aliphatic rings. The highest BCUT2D eigenvalue weighted by Crippen LogP contribution is 2.51. The third kappa shape index (κ3) is 2.67. The van der Waals surface area contributed by atoms with Crippen LogP contribution in [0, 0.1) is 0 Å². The largest absolute Gasteiger partial charge is 0.465 e. The van der Waals surface area contributed by atoms with Crippen LogP contribution in [0.5, 0.6) is 0 Å². The molecule has 128 valence electrons. The van der Waals surface area contributed by atoms with Crippen LogP contribution in [0.15, 0.2) is 34.3 Å². The molecule has 5 nitrogen and oxygen atoms in total. The molecule has 1 spiro atoms. The minimum Gasteiger partial charge on any atom is -0.465 e. The van der Waals surface area contributed by atoms with E-state index in [0.29, 0.717) is 12.1 Å². The second kappa shape index (κ2) is 6.33. The maximum Gasteiger partial charge on any atom is 0.326 e. The van der Waals surface area contributed by atoms with E-state index >= 15 is 0 Å². The molecule has 0 radical (unpaired) electrons. The van der Waals surface area contributed by atoms with Crippen molar-refractivity contribution in [2.75, 3.05) is 18.1 Å². The maximum atomic E-state index is 13.3. The van der Waals surface area contributed by atoms with Crippen LogP contribution in [0.25, 0.3) is 0 Å². The van der Waals surface area contributed by atoms with Crippen molar-refractivity contribution in [1.82, 2.24) is 0 Å². The zero-order valence-electron chi connectivity index (χ0n) is 14.0. The highest BCUT2D eigenvalue weighted by Gasteiger charge is 2.55. The van der Waals surface area contributed by atoms with Gasteiger partial charge in [0, 0.05) is 16.5 Å². The van der Waals surface area contributed by atoms with Crippen molar-refractivity contribution in [1.29, 1.82) is 0 Å². The second-order valence-electron chi connectivity index (χ2n) is 6.17. The van der Waals surface area contributed by atoms with E-state index in [2.05, 4.69) is 15.9 Å². The number of carbonyl (C=O) groups excluding carboxylic acids is 2. The predicted octanol–water partition coefficient (Wildman–Crippen LogP) is 3.31. The Bertz CT molecular complexity index is 730. The predicted molar refractivity (Wildman–Crippen MR) is 93.7 cm³/mol. The van der Waals surface area contributed by atoms with Gasteiger partial charge in [0.1, 0.15) is 6.54 Å². The van der Waals surface area contributed by atoms with Gasteiger partial charge in [0.2, 0.25) is 0 Å². The molecule has 6 heteroatoms. The summed E-state index contributed by atoms with van der Waals surface area (Å²) < 4.78 is 12.0. The minimum absolute atomic E-state index is 0.113. The SMILES string of the molecule is CCOC(=O)CN1C(=O)C2(CC(C)=C[C@@H](C)O2)c2c(Br)cccc21. The van der Waals surface area contributed by atoms with Gasteiger partial charge >= 0.3 is 5.97 Å². The van der Waals surface area contributed by atoms with Gasteiger partial charge in [-0.3, -0.25) is 14.5 Å². The molecular formula is C18H20BrNO4. The molecule has 0 bridgehead atoms. The van der Waals surface area contributed by atoms with Crippen LogP contribution in [0.3, 0.4) is 0 Å². The lowest BCUT2D eigenvalue weighted by Gasteiger charge is -2.35. The lowest BCUT2D eigenvalue weighted by Crippen LogP contribution is -2.47. The van der Waals surface area contributed by atoms with Crippen molar-refractivity contribution in [3.05, 3.63) is 39.9 Å². The molecular weight excluding hydrogens is 374 g/mol. The van der Waals surface area contributed by atoms with Gasteiger partial charge in [-0.25, -0.2) is 0 Å². The first-order valence-electron chi connectivity index (χ1n) is 8.00. The lowest BCUT2D eigenvalue weighted by molar-refractivity contribution is -0.152. The molecule has 2 heterocycles. The number of anilines is 1. The molecule has 0 saturated carbocycles. The van der Waals surface area contributed by atoms with Crippen molar-refractivity contribution in [2.24, 2.45) is 0 Å². The van der Waals surface area contributed by atoms with Crippen molar-refractivity contribution in [3.63, 3.8) is 0 Å². The number of esters is 1. The van der Waals surface area contributed by atoms with Crippen LogP contribution in [0.2, 0.25) is 0 Å². The average molecular weight is 394 g/mol. The first-order chi connectivity index (χ1) is 11.4. The zero-order chi connectivity index (χ0) is 17.5. The van der Waals surface area contributed by atoms with E-state index in [1.165, 1.54) is 4.90 Å².